The number of carbonyl (C=O) groups excluding carboxylic acids is 1. The van der Waals surface area contributed by atoms with Crippen LogP contribution in [0.2, 0.25) is 5.02 Å². The van der Waals surface area contributed by atoms with Crippen LogP contribution in [-0.2, 0) is 6.42 Å². The van der Waals surface area contributed by atoms with Gasteiger partial charge in [-0.3, -0.25) is 4.79 Å². The molecule has 3 aromatic carbocycles. The number of allylic oxidation sites excluding steroid dienone is 2. The molecule has 0 radical (unpaired) electrons. The van der Waals surface area contributed by atoms with Crippen LogP contribution in [0.1, 0.15) is 27.0 Å². The molecule has 0 fully saturated rings. The Morgan fingerprint density at radius 3 is 2.00 bits per heavy atom. The molecule has 0 aliphatic rings. The number of hydrogen-bond acceptors (Lipinski definition) is 6. The summed E-state index contributed by atoms with van der Waals surface area (Å²) >= 11 is 6.37. The fourth-order valence-corrected chi connectivity index (χ4v) is 3.94. The summed E-state index contributed by atoms with van der Waals surface area (Å²) in [5.41, 5.74) is 2.60. The van der Waals surface area contributed by atoms with Gasteiger partial charge in [0.1, 0.15) is 11.5 Å². The number of methoxy groups -OCH3 is 4. The van der Waals surface area contributed by atoms with Gasteiger partial charge in [-0.05, 0) is 77.7 Å². The van der Waals surface area contributed by atoms with Gasteiger partial charge in [0.15, 0.2) is 17.3 Å². The average Bonchev–Trinajstić information content (AvgIpc) is 2.91. The standard InChI is InChI=1S/C29H26ClF3O6/c1-35-25-17-20(6-5-7-24(34)19-10-12-22(13-11-19)39-29(31,32)33)21(16-23(25)30)9-8-18-14-26(36-2)28(38-4)27(15-18)37-3/h5,7-17H,6H2,1-4H3/b7-5-,9-8-. The Labute approximate surface area is 229 Å². The molecule has 0 heterocycles. The van der Waals surface area contributed by atoms with E-state index in [1.54, 1.807) is 30.3 Å². The second-order valence-corrected chi connectivity index (χ2v) is 8.43. The first-order chi connectivity index (χ1) is 18.6. The van der Waals surface area contributed by atoms with Gasteiger partial charge in [-0.1, -0.05) is 29.8 Å². The van der Waals surface area contributed by atoms with Crippen LogP contribution in [0.5, 0.6) is 28.7 Å². The minimum Gasteiger partial charge on any atom is -0.495 e. The maximum atomic E-state index is 12.5. The maximum Gasteiger partial charge on any atom is 0.573 e. The van der Waals surface area contributed by atoms with Crippen molar-refractivity contribution in [3.8, 4) is 28.7 Å². The Balaban J connectivity index is 1.84. The zero-order valence-electron chi connectivity index (χ0n) is 21.6. The van der Waals surface area contributed by atoms with Crippen molar-refractivity contribution in [1.29, 1.82) is 0 Å². The third kappa shape index (κ3) is 7.94. The van der Waals surface area contributed by atoms with E-state index in [2.05, 4.69) is 4.74 Å². The molecule has 0 aromatic heterocycles. The van der Waals surface area contributed by atoms with E-state index in [0.717, 1.165) is 28.8 Å². The third-order valence-corrected chi connectivity index (χ3v) is 5.83. The van der Waals surface area contributed by atoms with E-state index in [-0.39, 0.29) is 11.3 Å². The molecule has 0 atom stereocenters. The molecule has 10 heteroatoms. The van der Waals surface area contributed by atoms with Crippen LogP contribution in [0.3, 0.4) is 0 Å². The van der Waals surface area contributed by atoms with E-state index in [4.69, 9.17) is 30.5 Å². The van der Waals surface area contributed by atoms with E-state index in [9.17, 15) is 18.0 Å². The van der Waals surface area contributed by atoms with Gasteiger partial charge in [0.25, 0.3) is 0 Å². The highest BCUT2D eigenvalue weighted by atomic mass is 35.5. The highest BCUT2D eigenvalue weighted by molar-refractivity contribution is 6.32. The van der Waals surface area contributed by atoms with Crippen molar-refractivity contribution in [3.63, 3.8) is 0 Å². The summed E-state index contributed by atoms with van der Waals surface area (Å²) in [7, 11) is 6.09. The number of ketones is 1. The van der Waals surface area contributed by atoms with Gasteiger partial charge in [0.05, 0.1) is 33.5 Å². The Bertz CT molecular complexity index is 1340. The third-order valence-electron chi connectivity index (χ3n) is 5.54. The second kappa shape index (κ2) is 13.1. The summed E-state index contributed by atoms with van der Waals surface area (Å²) in [6.45, 7) is 0. The van der Waals surface area contributed by atoms with Crippen molar-refractivity contribution < 1.29 is 41.7 Å². The fourth-order valence-electron chi connectivity index (χ4n) is 3.69. The summed E-state index contributed by atoms with van der Waals surface area (Å²) in [4.78, 5) is 12.5. The maximum absolute atomic E-state index is 12.5. The lowest BCUT2D eigenvalue weighted by Crippen LogP contribution is -2.17. The zero-order valence-corrected chi connectivity index (χ0v) is 22.4. The van der Waals surface area contributed by atoms with E-state index < -0.39 is 12.1 Å². The number of ether oxygens (including phenoxy) is 5. The van der Waals surface area contributed by atoms with Crippen molar-refractivity contribution in [2.75, 3.05) is 28.4 Å². The van der Waals surface area contributed by atoms with Crippen molar-refractivity contribution in [3.05, 3.63) is 88.0 Å². The molecule has 0 aliphatic carbocycles. The predicted octanol–water partition coefficient (Wildman–Crippen LogP) is 7.43. The first-order valence-electron chi connectivity index (χ1n) is 11.5. The first kappa shape index (κ1) is 29.4. The molecule has 3 aromatic rings. The molecule has 0 saturated heterocycles. The number of halogens is 4. The number of rotatable bonds is 11. The molecule has 0 N–H and O–H groups in total. The van der Waals surface area contributed by atoms with Gasteiger partial charge in [-0.2, -0.15) is 0 Å². The van der Waals surface area contributed by atoms with Crippen LogP contribution < -0.4 is 23.7 Å². The SMILES string of the molecule is COc1cc(C/C=C\C(=O)c2ccc(OC(F)(F)F)cc2)c(/C=C\c2cc(OC)c(OC)c(OC)c2)cc1Cl. The summed E-state index contributed by atoms with van der Waals surface area (Å²) in [5.74, 6) is 1.18. The Morgan fingerprint density at radius 2 is 1.46 bits per heavy atom. The molecule has 39 heavy (non-hydrogen) atoms. The molecule has 0 unspecified atom stereocenters. The average molecular weight is 563 g/mol. The number of alkyl halides is 3. The fraction of sp³-hybridized carbons (Fsp3) is 0.207. The van der Waals surface area contributed by atoms with Crippen LogP contribution in [-0.4, -0.2) is 40.6 Å². The lowest BCUT2D eigenvalue weighted by molar-refractivity contribution is -0.274. The second-order valence-electron chi connectivity index (χ2n) is 8.02. The molecule has 0 bridgehead atoms. The molecule has 206 valence electrons. The number of benzene rings is 3. The van der Waals surface area contributed by atoms with E-state index in [1.165, 1.54) is 46.6 Å². The summed E-state index contributed by atoms with van der Waals surface area (Å²) < 4.78 is 62.4. The van der Waals surface area contributed by atoms with E-state index >= 15 is 0 Å². The zero-order chi connectivity index (χ0) is 28.6. The Kier molecular flexibility index (Phi) is 9.89. The lowest BCUT2D eigenvalue weighted by Gasteiger charge is -2.13. The molecule has 0 aliphatic heterocycles. The lowest BCUT2D eigenvalue weighted by atomic mass is 10.0. The summed E-state index contributed by atoms with van der Waals surface area (Å²) in [6, 6.07) is 11.8. The topological polar surface area (TPSA) is 63.2 Å². The van der Waals surface area contributed by atoms with Gasteiger partial charge in [-0.15, -0.1) is 13.2 Å². The van der Waals surface area contributed by atoms with Gasteiger partial charge < -0.3 is 23.7 Å². The predicted molar refractivity (Wildman–Crippen MR) is 143 cm³/mol. The van der Waals surface area contributed by atoms with E-state index in [0.29, 0.717) is 34.4 Å². The normalized spacial score (nSPS) is 11.6. The van der Waals surface area contributed by atoms with Crippen LogP contribution in [0.4, 0.5) is 13.2 Å². The van der Waals surface area contributed by atoms with Gasteiger partial charge in [-0.25, -0.2) is 0 Å². The van der Waals surface area contributed by atoms with Crippen molar-refractivity contribution in [1.82, 2.24) is 0 Å². The van der Waals surface area contributed by atoms with Crippen LogP contribution in [0.15, 0.2) is 60.7 Å². The molecule has 6 nitrogen and oxygen atoms in total. The van der Waals surface area contributed by atoms with Crippen molar-refractivity contribution in [2.45, 2.75) is 12.8 Å². The smallest absolute Gasteiger partial charge is 0.495 e. The van der Waals surface area contributed by atoms with Gasteiger partial charge >= 0.3 is 6.36 Å². The Morgan fingerprint density at radius 1 is 0.846 bits per heavy atom. The Hall–Kier alpha value is -4.11. The minimum atomic E-state index is -4.80. The molecule has 0 saturated carbocycles. The number of carbonyl (C=O) groups is 1. The molecular weight excluding hydrogens is 537 g/mol. The summed E-state index contributed by atoms with van der Waals surface area (Å²) in [6.07, 6.45) is 2.27. The van der Waals surface area contributed by atoms with Crippen LogP contribution in [0, 0.1) is 0 Å². The monoisotopic (exact) mass is 562 g/mol. The summed E-state index contributed by atoms with van der Waals surface area (Å²) in [5, 5.41) is 0.409. The highest BCUT2D eigenvalue weighted by Crippen LogP contribution is 2.39. The van der Waals surface area contributed by atoms with Gasteiger partial charge in [0.2, 0.25) is 5.75 Å². The molecule has 3 rings (SSSR count). The van der Waals surface area contributed by atoms with Gasteiger partial charge in [0, 0.05) is 5.56 Å². The minimum absolute atomic E-state index is 0.219. The number of hydrogen-bond donors (Lipinski definition) is 0. The molecular formula is C29H26ClF3O6. The molecule has 0 spiro atoms. The largest absolute Gasteiger partial charge is 0.573 e. The van der Waals surface area contributed by atoms with Crippen LogP contribution >= 0.6 is 11.6 Å². The molecule has 0 amide bonds. The first-order valence-corrected chi connectivity index (χ1v) is 11.9. The van der Waals surface area contributed by atoms with Crippen molar-refractivity contribution >= 4 is 29.5 Å². The van der Waals surface area contributed by atoms with Crippen LogP contribution in [0.25, 0.3) is 12.2 Å². The highest BCUT2D eigenvalue weighted by Gasteiger charge is 2.31. The van der Waals surface area contributed by atoms with E-state index in [1.807, 2.05) is 12.2 Å². The van der Waals surface area contributed by atoms with Crippen molar-refractivity contribution in [2.24, 2.45) is 0 Å². The quantitative estimate of drug-likeness (QED) is 0.138.